The summed E-state index contributed by atoms with van der Waals surface area (Å²) >= 11 is 0. The molecule has 0 spiro atoms. The Labute approximate surface area is 213 Å². The summed E-state index contributed by atoms with van der Waals surface area (Å²) in [7, 11) is 1.95. The zero-order chi connectivity index (χ0) is 25.1. The van der Waals surface area contributed by atoms with Gasteiger partial charge in [-0.25, -0.2) is 5.84 Å². The minimum atomic E-state index is 0.667. The van der Waals surface area contributed by atoms with Crippen molar-refractivity contribution in [3.05, 3.63) is 119 Å². The van der Waals surface area contributed by atoms with Crippen molar-refractivity contribution < 1.29 is 0 Å². The second-order valence-corrected chi connectivity index (χ2v) is 9.65. The number of hydrogen-bond donors (Lipinski definition) is 3. The molecule has 2 heterocycles. The third-order valence-electron chi connectivity index (χ3n) is 7.15. The number of nitrogens with one attached hydrogen (secondary N) is 2. The summed E-state index contributed by atoms with van der Waals surface area (Å²) in [6.07, 6.45) is 3.71. The Morgan fingerprint density at radius 2 is 1.94 bits per heavy atom. The average Bonchev–Trinajstić information content (AvgIpc) is 3.43. The smallest absolute Gasteiger partial charge is 0.0612 e. The van der Waals surface area contributed by atoms with Crippen LogP contribution in [0.2, 0.25) is 0 Å². The molecular weight excluding hydrogens is 442 g/mol. The van der Waals surface area contributed by atoms with Crippen molar-refractivity contribution in [2.24, 2.45) is 5.84 Å². The first-order valence-corrected chi connectivity index (χ1v) is 12.6. The van der Waals surface area contributed by atoms with Crippen molar-refractivity contribution in [2.45, 2.75) is 26.3 Å². The molecule has 5 nitrogen and oxygen atoms in total. The van der Waals surface area contributed by atoms with Gasteiger partial charge in [-0.05, 0) is 65.1 Å². The molecule has 0 radical (unpaired) electrons. The van der Waals surface area contributed by atoms with Crippen LogP contribution in [0.4, 0.5) is 5.69 Å². The highest BCUT2D eigenvalue weighted by molar-refractivity contribution is 5.88. The number of nitrogens with zero attached hydrogens (tertiary/aromatic N) is 2. The van der Waals surface area contributed by atoms with Gasteiger partial charge in [0.1, 0.15) is 0 Å². The Morgan fingerprint density at radius 3 is 2.72 bits per heavy atom. The molecule has 0 fully saturated rings. The molecule has 4 aromatic rings. The van der Waals surface area contributed by atoms with Crippen molar-refractivity contribution >= 4 is 22.2 Å². The summed E-state index contributed by atoms with van der Waals surface area (Å²) in [4.78, 5) is 5.67. The number of fused-ring (bicyclic) bond motifs is 1. The van der Waals surface area contributed by atoms with E-state index in [9.17, 15) is 0 Å². The van der Waals surface area contributed by atoms with Gasteiger partial charge < -0.3 is 20.2 Å². The van der Waals surface area contributed by atoms with E-state index in [-0.39, 0.29) is 0 Å². The Bertz CT molecular complexity index is 1400. The predicted molar refractivity (Wildman–Crippen MR) is 151 cm³/mol. The summed E-state index contributed by atoms with van der Waals surface area (Å²) in [5, 5.41) is 7.67. The van der Waals surface area contributed by atoms with Crippen molar-refractivity contribution in [2.75, 3.05) is 25.5 Å². The lowest BCUT2D eigenvalue weighted by atomic mass is 9.96. The van der Waals surface area contributed by atoms with Gasteiger partial charge >= 0.3 is 0 Å². The van der Waals surface area contributed by atoms with E-state index in [4.69, 9.17) is 5.84 Å². The molecule has 1 aromatic heterocycles. The van der Waals surface area contributed by atoms with Crippen LogP contribution >= 0.6 is 0 Å². The van der Waals surface area contributed by atoms with Gasteiger partial charge in [0.2, 0.25) is 0 Å². The number of anilines is 1. The molecule has 0 bridgehead atoms. The van der Waals surface area contributed by atoms with Gasteiger partial charge in [-0.1, -0.05) is 60.7 Å². The molecule has 0 saturated heterocycles. The maximum atomic E-state index is 6.83. The zero-order valence-corrected chi connectivity index (χ0v) is 21.2. The number of aromatic amines is 1. The minimum absolute atomic E-state index is 0.667. The SMILES string of the molecule is C=C(c1ccc[nH]1)N1CCC(N(N)Cc2cccc3cc(NC)ccc23)=C(Cc2cccc(C)c2)C1. The first-order valence-electron chi connectivity index (χ1n) is 12.6. The lowest BCUT2D eigenvalue weighted by molar-refractivity contribution is 0.292. The highest BCUT2D eigenvalue weighted by atomic mass is 15.4. The third-order valence-corrected chi connectivity index (χ3v) is 7.15. The molecular formula is C31H35N5. The van der Waals surface area contributed by atoms with Crippen LogP contribution in [0.1, 0.15) is 28.8 Å². The van der Waals surface area contributed by atoms with E-state index < -0.39 is 0 Å². The molecule has 0 atom stereocenters. The molecule has 1 aliphatic rings. The van der Waals surface area contributed by atoms with Crippen LogP contribution in [0.3, 0.4) is 0 Å². The average molecular weight is 478 g/mol. The van der Waals surface area contributed by atoms with Crippen LogP contribution in [0, 0.1) is 6.92 Å². The quantitative estimate of drug-likeness (QED) is 0.213. The molecule has 0 amide bonds. The summed E-state index contributed by atoms with van der Waals surface area (Å²) in [6.45, 7) is 8.90. The number of aryl methyl sites for hydroxylation is 1. The fraction of sp³-hybridized carbons (Fsp3) is 0.226. The fourth-order valence-corrected chi connectivity index (χ4v) is 5.23. The summed E-state index contributed by atoms with van der Waals surface area (Å²) in [6, 6.07) is 25.8. The molecule has 5 rings (SSSR count). The van der Waals surface area contributed by atoms with E-state index in [2.05, 4.69) is 95.4 Å². The zero-order valence-electron chi connectivity index (χ0n) is 21.2. The number of hydrazine groups is 1. The third kappa shape index (κ3) is 5.02. The topological polar surface area (TPSA) is 60.3 Å². The Hall–Kier alpha value is -3.96. The molecule has 184 valence electrons. The summed E-state index contributed by atoms with van der Waals surface area (Å²) in [5.74, 6) is 6.83. The lowest BCUT2D eigenvalue weighted by Crippen LogP contribution is -2.39. The Morgan fingerprint density at radius 1 is 1.08 bits per heavy atom. The first-order chi connectivity index (χ1) is 17.5. The van der Waals surface area contributed by atoms with Gasteiger partial charge in [0.05, 0.1) is 17.9 Å². The number of H-pyrrole nitrogens is 1. The molecule has 4 N–H and O–H groups in total. The maximum Gasteiger partial charge on any atom is 0.0612 e. The van der Waals surface area contributed by atoms with Gasteiger partial charge in [-0.3, -0.25) is 0 Å². The molecule has 3 aromatic carbocycles. The molecule has 0 saturated carbocycles. The fourth-order valence-electron chi connectivity index (χ4n) is 5.23. The van der Waals surface area contributed by atoms with E-state index in [1.165, 1.54) is 38.7 Å². The minimum Gasteiger partial charge on any atom is -0.388 e. The summed E-state index contributed by atoms with van der Waals surface area (Å²) < 4.78 is 0. The molecule has 0 unspecified atom stereocenters. The van der Waals surface area contributed by atoms with Gasteiger partial charge in [0, 0.05) is 44.1 Å². The van der Waals surface area contributed by atoms with Crippen molar-refractivity contribution in [1.82, 2.24) is 14.9 Å². The van der Waals surface area contributed by atoms with E-state index in [1.807, 2.05) is 24.3 Å². The number of nitrogens with two attached hydrogens (primary N) is 1. The maximum absolute atomic E-state index is 6.83. The monoisotopic (exact) mass is 477 g/mol. The molecule has 5 heteroatoms. The number of hydrogen-bond acceptors (Lipinski definition) is 4. The standard InChI is InChI=1S/C31H35N5/c1-22-7-4-8-24(17-22)18-27-20-35(23(2)30-11-6-15-34-30)16-14-31(27)36(32)21-26-10-5-9-25-19-28(33-3)12-13-29(25)26/h4-13,15,17,19,33-34H,2,14,16,18,20-21,32H2,1,3H3. The van der Waals surface area contributed by atoms with Gasteiger partial charge in [-0.15, -0.1) is 0 Å². The van der Waals surface area contributed by atoms with E-state index in [1.54, 1.807) is 0 Å². The number of aromatic nitrogens is 1. The number of rotatable bonds is 8. The molecule has 1 aliphatic heterocycles. The Kier molecular flexibility index (Phi) is 6.83. The second-order valence-electron chi connectivity index (χ2n) is 9.65. The van der Waals surface area contributed by atoms with Crippen LogP contribution in [0.5, 0.6) is 0 Å². The highest BCUT2D eigenvalue weighted by Crippen LogP contribution is 2.30. The largest absolute Gasteiger partial charge is 0.388 e. The van der Waals surface area contributed by atoms with E-state index >= 15 is 0 Å². The molecule has 36 heavy (non-hydrogen) atoms. The van der Waals surface area contributed by atoms with Gasteiger partial charge in [0.15, 0.2) is 0 Å². The lowest BCUT2D eigenvalue weighted by Gasteiger charge is -2.37. The normalized spacial score (nSPS) is 13.8. The first kappa shape index (κ1) is 23.8. The van der Waals surface area contributed by atoms with Crippen molar-refractivity contribution in [1.29, 1.82) is 0 Å². The van der Waals surface area contributed by atoms with Crippen molar-refractivity contribution in [3.63, 3.8) is 0 Å². The van der Waals surface area contributed by atoms with Crippen molar-refractivity contribution in [3.8, 4) is 0 Å². The van der Waals surface area contributed by atoms with E-state index in [0.29, 0.717) is 6.54 Å². The van der Waals surface area contributed by atoms with E-state index in [0.717, 1.165) is 43.0 Å². The number of benzene rings is 3. The highest BCUT2D eigenvalue weighted by Gasteiger charge is 2.24. The summed E-state index contributed by atoms with van der Waals surface area (Å²) in [5.41, 5.74) is 9.61. The van der Waals surface area contributed by atoms with Crippen LogP contribution < -0.4 is 11.2 Å². The predicted octanol–water partition coefficient (Wildman–Crippen LogP) is 6.07. The Balaban J connectivity index is 1.45. The second kappa shape index (κ2) is 10.3. The molecule has 0 aliphatic carbocycles. The van der Waals surface area contributed by atoms with Crippen LogP contribution in [-0.4, -0.2) is 35.0 Å². The van der Waals surface area contributed by atoms with Crippen LogP contribution in [-0.2, 0) is 13.0 Å². The van der Waals surface area contributed by atoms with Crippen LogP contribution in [0.15, 0.2) is 96.8 Å². The van der Waals surface area contributed by atoms with Crippen LogP contribution in [0.25, 0.3) is 16.5 Å². The van der Waals surface area contributed by atoms with Gasteiger partial charge in [0.25, 0.3) is 0 Å². The van der Waals surface area contributed by atoms with Gasteiger partial charge in [-0.2, -0.15) is 0 Å².